The van der Waals surface area contributed by atoms with Crippen molar-refractivity contribution < 1.29 is 14.6 Å². The van der Waals surface area contributed by atoms with Crippen molar-refractivity contribution in [2.45, 2.75) is 0 Å². The van der Waals surface area contributed by atoms with Crippen LogP contribution in [0.25, 0.3) is 6.08 Å². The summed E-state index contributed by atoms with van der Waals surface area (Å²) < 4.78 is 0. The number of non-ortho nitro benzene ring substituents is 1. The van der Waals surface area contributed by atoms with Gasteiger partial charge >= 0.3 is 0 Å². The molecule has 8 heteroatoms. The van der Waals surface area contributed by atoms with Crippen LogP contribution in [0.2, 0.25) is 5.02 Å². The molecule has 0 fully saturated rings. The summed E-state index contributed by atoms with van der Waals surface area (Å²) in [5.74, 6) is -0.377. The lowest BCUT2D eigenvalue weighted by Gasteiger charge is -1.98. The van der Waals surface area contributed by atoms with E-state index >= 15 is 0 Å². The number of benzene rings is 2. The standard InChI is InChI=1S/C15H9ClN2O5/c16-13-7-1-10(9-14(13)18(22)23)2-8-15(19)11-3-5-12(6-4-11)17(20)21/h1-9H/b8-2+. The molecule has 23 heavy (non-hydrogen) atoms. The fraction of sp³-hybridized carbons (Fsp3) is 0. The van der Waals surface area contributed by atoms with Gasteiger partial charge < -0.3 is 0 Å². The van der Waals surface area contributed by atoms with Crippen LogP contribution in [0.1, 0.15) is 15.9 Å². The number of rotatable bonds is 5. The van der Waals surface area contributed by atoms with Crippen LogP contribution < -0.4 is 0 Å². The third kappa shape index (κ3) is 3.98. The van der Waals surface area contributed by atoms with Crippen LogP contribution in [-0.2, 0) is 0 Å². The van der Waals surface area contributed by atoms with Crippen molar-refractivity contribution in [3.8, 4) is 0 Å². The number of carbonyl (C=O) groups is 1. The van der Waals surface area contributed by atoms with Gasteiger partial charge in [0.15, 0.2) is 5.78 Å². The third-order valence-corrected chi connectivity index (χ3v) is 3.28. The number of halogens is 1. The molecule has 0 saturated carbocycles. The first-order valence-electron chi connectivity index (χ1n) is 6.29. The van der Waals surface area contributed by atoms with E-state index in [0.29, 0.717) is 5.56 Å². The number of allylic oxidation sites excluding steroid dienone is 1. The molecule has 0 amide bonds. The van der Waals surface area contributed by atoms with E-state index in [1.165, 1.54) is 54.6 Å². The molecule has 0 N–H and O–H groups in total. The zero-order chi connectivity index (χ0) is 17.0. The minimum absolute atomic E-state index is 0.00819. The molecule has 2 aromatic carbocycles. The van der Waals surface area contributed by atoms with Crippen LogP contribution in [0.5, 0.6) is 0 Å². The lowest BCUT2D eigenvalue weighted by atomic mass is 10.1. The Bertz CT molecular complexity index is 815. The highest BCUT2D eigenvalue weighted by Gasteiger charge is 2.12. The smallest absolute Gasteiger partial charge is 0.288 e. The zero-order valence-corrected chi connectivity index (χ0v) is 12.3. The van der Waals surface area contributed by atoms with E-state index in [2.05, 4.69) is 0 Å². The maximum atomic E-state index is 12.0. The van der Waals surface area contributed by atoms with E-state index in [1.807, 2.05) is 0 Å². The number of hydrogen-bond donors (Lipinski definition) is 0. The summed E-state index contributed by atoms with van der Waals surface area (Å²) in [5.41, 5.74) is 0.349. The van der Waals surface area contributed by atoms with Crippen LogP contribution >= 0.6 is 11.6 Å². The maximum Gasteiger partial charge on any atom is 0.288 e. The second-order valence-corrected chi connectivity index (χ2v) is 4.88. The average molecular weight is 333 g/mol. The Labute approximate surface area is 135 Å². The van der Waals surface area contributed by atoms with Gasteiger partial charge in [-0.3, -0.25) is 25.0 Å². The molecule has 0 aliphatic rings. The minimum Gasteiger partial charge on any atom is -0.289 e. The van der Waals surface area contributed by atoms with Crippen molar-refractivity contribution in [1.29, 1.82) is 0 Å². The third-order valence-electron chi connectivity index (χ3n) is 2.96. The van der Waals surface area contributed by atoms with Crippen LogP contribution in [0, 0.1) is 20.2 Å². The lowest BCUT2D eigenvalue weighted by molar-refractivity contribution is -0.385. The highest BCUT2D eigenvalue weighted by Crippen LogP contribution is 2.25. The van der Waals surface area contributed by atoms with E-state index in [9.17, 15) is 25.0 Å². The van der Waals surface area contributed by atoms with Gasteiger partial charge in [0.25, 0.3) is 11.4 Å². The van der Waals surface area contributed by atoms with E-state index < -0.39 is 9.85 Å². The summed E-state index contributed by atoms with van der Waals surface area (Å²) in [6.45, 7) is 0. The molecule has 116 valence electrons. The van der Waals surface area contributed by atoms with Gasteiger partial charge in [-0.2, -0.15) is 0 Å². The molecule has 0 bridgehead atoms. The molecule has 0 unspecified atom stereocenters. The first kappa shape index (κ1) is 16.3. The Morgan fingerprint density at radius 2 is 1.65 bits per heavy atom. The summed E-state index contributed by atoms with van der Waals surface area (Å²) in [6.07, 6.45) is 2.64. The largest absolute Gasteiger partial charge is 0.289 e. The second kappa shape index (κ2) is 6.80. The second-order valence-electron chi connectivity index (χ2n) is 4.47. The Kier molecular flexibility index (Phi) is 4.82. The number of ketones is 1. The topological polar surface area (TPSA) is 103 Å². The predicted octanol–water partition coefficient (Wildman–Crippen LogP) is 4.05. The van der Waals surface area contributed by atoms with Gasteiger partial charge in [-0.1, -0.05) is 23.7 Å². The molecular weight excluding hydrogens is 324 g/mol. The summed E-state index contributed by atoms with van der Waals surface area (Å²) in [5, 5.41) is 21.4. The molecule has 0 heterocycles. The fourth-order valence-electron chi connectivity index (χ4n) is 1.79. The Balaban J connectivity index is 2.19. The summed E-state index contributed by atoms with van der Waals surface area (Å²) >= 11 is 5.70. The van der Waals surface area contributed by atoms with E-state index in [1.54, 1.807) is 0 Å². The van der Waals surface area contributed by atoms with Crippen molar-refractivity contribution in [3.05, 3.63) is 84.9 Å². The van der Waals surface area contributed by atoms with Gasteiger partial charge in [-0.15, -0.1) is 0 Å². The highest BCUT2D eigenvalue weighted by atomic mass is 35.5. The maximum absolute atomic E-state index is 12.0. The Morgan fingerprint density at radius 1 is 1.00 bits per heavy atom. The van der Waals surface area contributed by atoms with Crippen LogP contribution in [-0.4, -0.2) is 15.6 Å². The van der Waals surface area contributed by atoms with Gasteiger partial charge in [-0.05, 0) is 29.8 Å². The minimum atomic E-state index is -0.613. The summed E-state index contributed by atoms with van der Waals surface area (Å²) in [7, 11) is 0. The monoisotopic (exact) mass is 332 g/mol. The van der Waals surface area contributed by atoms with Crippen molar-refractivity contribution in [2.24, 2.45) is 0 Å². The van der Waals surface area contributed by atoms with E-state index in [0.717, 1.165) is 0 Å². The number of nitro benzene ring substituents is 2. The first-order chi connectivity index (χ1) is 10.9. The van der Waals surface area contributed by atoms with Crippen molar-refractivity contribution in [2.75, 3.05) is 0 Å². The molecule has 0 saturated heterocycles. The van der Waals surface area contributed by atoms with Crippen molar-refractivity contribution in [1.82, 2.24) is 0 Å². The quantitative estimate of drug-likeness (QED) is 0.355. The summed E-state index contributed by atoms with van der Waals surface area (Å²) in [4.78, 5) is 32.1. The molecular formula is C15H9ClN2O5. The molecule has 0 radical (unpaired) electrons. The van der Waals surface area contributed by atoms with Crippen molar-refractivity contribution >= 4 is 34.8 Å². The Morgan fingerprint density at radius 3 is 2.22 bits per heavy atom. The predicted molar refractivity (Wildman–Crippen MR) is 84.6 cm³/mol. The molecule has 0 atom stereocenters. The van der Waals surface area contributed by atoms with Gasteiger partial charge in [0.05, 0.1) is 9.85 Å². The first-order valence-corrected chi connectivity index (χ1v) is 6.67. The molecule has 0 aliphatic heterocycles. The molecule has 2 rings (SSSR count). The fourth-order valence-corrected chi connectivity index (χ4v) is 1.98. The SMILES string of the molecule is O=C(/C=C/c1ccc(Cl)c([N+](=O)[O-])c1)c1ccc([N+](=O)[O-])cc1. The van der Waals surface area contributed by atoms with E-state index in [-0.39, 0.29) is 27.7 Å². The normalized spacial score (nSPS) is 10.7. The van der Waals surface area contributed by atoms with E-state index in [4.69, 9.17) is 11.6 Å². The molecule has 7 nitrogen and oxygen atoms in total. The number of carbonyl (C=O) groups excluding carboxylic acids is 1. The number of nitrogens with zero attached hydrogens (tertiary/aromatic N) is 2. The molecule has 0 aliphatic carbocycles. The van der Waals surface area contributed by atoms with Gasteiger partial charge in [0, 0.05) is 23.8 Å². The summed E-state index contributed by atoms with van der Waals surface area (Å²) in [6, 6.07) is 9.30. The zero-order valence-electron chi connectivity index (χ0n) is 11.5. The highest BCUT2D eigenvalue weighted by molar-refractivity contribution is 6.32. The van der Waals surface area contributed by atoms with Gasteiger partial charge in [-0.25, -0.2) is 0 Å². The average Bonchev–Trinajstić information content (AvgIpc) is 2.53. The van der Waals surface area contributed by atoms with Gasteiger partial charge in [0.1, 0.15) is 5.02 Å². The number of nitro groups is 2. The Hall–Kier alpha value is -3.06. The lowest BCUT2D eigenvalue weighted by Crippen LogP contribution is -1.95. The van der Waals surface area contributed by atoms with Gasteiger partial charge in [0.2, 0.25) is 0 Å². The molecule has 0 spiro atoms. The van der Waals surface area contributed by atoms with Crippen molar-refractivity contribution in [3.63, 3.8) is 0 Å². The molecule has 0 aromatic heterocycles. The van der Waals surface area contributed by atoms with Crippen LogP contribution in [0.15, 0.2) is 48.5 Å². The molecule has 2 aromatic rings. The van der Waals surface area contributed by atoms with Crippen LogP contribution in [0.3, 0.4) is 0 Å². The van der Waals surface area contributed by atoms with Crippen LogP contribution in [0.4, 0.5) is 11.4 Å². The number of hydrogen-bond acceptors (Lipinski definition) is 5.